The van der Waals surface area contributed by atoms with Crippen LogP contribution in [0.1, 0.15) is 6.92 Å². The van der Waals surface area contributed by atoms with Gasteiger partial charge in [-0.1, -0.05) is 6.08 Å². The molecule has 0 bridgehead atoms. The van der Waals surface area contributed by atoms with E-state index in [4.69, 9.17) is 0 Å². The second-order valence-corrected chi connectivity index (χ2v) is 2.95. The highest BCUT2D eigenvalue weighted by atomic mass is 32.1. The minimum Gasteiger partial charge on any atom is -0.235 e. The van der Waals surface area contributed by atoms with E-state index >= 15 is 0 Å². The largest absolute Gasteiger partial charge is 0.235 e. The standard InChI is InChI=1S/C8H9FS/c1-8(9)5-2-3-7(10)4-6-8/h2-6,10H,1H3. The Morgan fingerprint density at radius 3 is 2.90 bits per heavy atom. The Morgan fingerprint density at radius 2 is 2.20 bits per heavy atom. The van der Waals surface area contributed by atoms with Gasteiger partial charge in [0.2, 0.25) is 0 Å². The van der Waals surface area contributed by atoms with Gasteiger partial charge in [0.25, 0.3) is 0 Å². The van der Waals surface area contributed by atoms with Crippen LogP contribution in [0.4, 0.5) is 4.39 Å². The van der Waals surface area contributed by atoms with Crippen molar-refractivity contribution in [3.8, 4) is 0 Å². The quantitative estimate of drug-likeness (QED) is 0.512. The fourth-order valence-electron chi connectivity index (χ4n) is 0.694. The number of thiol groups is 1. The first-order chi connectivity index (χ1) is 4.60. The minimum absolute atomic E-state index is 0.776. The van der Waals surface area contributed by atoms with Gasteiger partial charge in [-0.15, -0.1) is 12.6 Å². The lowest BCUT2D eigenvalue weighted by atomic mass is 10.1. The summed E-state index contributed by atoms with van der Waals surface area (Å²) in [6, 6.07) is 0. The molecular formula is C8H9FS. The number of rotatable bonds is 0. The Morgan fingerprint density at radius 1 is 1.50 bits per heavy atom. The molecule has 1 rings (SSSR count). The lowest BCUT2D eigenvalue weighted by Gasteiger charge is -2.06. The van der Waals surface area contributed by atoms with Crippen LogP contribution < -0.4 is 0 Å². The van der Waals surface area contributed by atoms with E-state index in [1.165, 1.54) is 19.1 Å². The zero-order valence-electron chi connectivity index (χ0n) is 5.71. The van der Waals surface area contributed by atoms with Crippen molar-refractivity contribution in [2.75, 3.05) is 0 Å². The topological polar surface area (TPSA) is 0 Å². The van der Waals surface area contributed by atoms with Crippen molar-refractivity contribution in [3.05, 3.63) is 35.3 Å². The van der Waals surface area contributed by atoms with Crippen LogP contribution in [-0.4, -0.2) is 5.67 Å². The van der Waals surface area contributed by atoms with E-state index in [9.17, 15) is 4.39 Å². The van der Waals surface area contributed by atoms with Gasteiger partial charge in [0.15, 0.2) is 0 Å². The molecule has 2 heteroatoms. The van der Waals surface area contributed by atoms with E-state index in [0.29, 0.717) is 0 Å². The molecule has 0 aliphatic heterocycles. The molecule has 1 atom stereocenters. The third kappa shape index (κ3) is 2.03. The summed E-state index contributed by atoms with van der Waals surface area (Å²) in [5.74, 6) is 0. The molecule has 0 saturated carbocycles. The monoisotopic (exact) mass is 156 g/mol. The summed E-state index contributed by atoms with van der Waals surface area (Å²) in [5, 5.41) is 0. The molecule has 0 aromatic carbocycles. The first-order valence-electron chi connectivity index (χ1n) is 3.07. The molecule has 0 saturated heterocycles. The van der Waals surface area contributed by atoms with Crippen LogP contribution in [0.2, 0.25) is 0 Å². The Balaban J connectivity index is 2.88. The van der Waals surface area contributed by atoms with Gasteiger partial charge < -0.3 is 0 Å². The molecule has 0 heterocycles. The summed E-state index contributed by atoms with van der Waals surface area (Å²) < 4.78 is 13.1. The summed E-state index contributed by atoms with van der Waals surface area (Å²) >= 11 is 4.06. The smallest absolute Gasteiger partial charge is 0.145 e. The first-order valence-corrected chi connectivity index (χ1v) is 3.51. The van der Waals surface area contributed by atoms with Gasteiger partial charge in [-0.3, -0.25) is 0 Å². The minimum atomic E-state index is -1.32. The van der Waals surface area contributed by atoms with Gasteiger partial charge in [-0.05, 0) is 31.2 Å². The Labute approximate surface area is 65.5 Å². The van der Waals surface area contributed by atoms with E-state index in [1.807, 2.05) is 0 Å². The van der Waals surface area contributed by atoms with Crippen molar-refractivity contribution >= 4 is 12.6 Å². The van der Waals surface area contributed by atoms with Crippen molar-refractivity contribution in [2.24, 2.45) is 0 Å². The highest BCUT2D eigenvalue weighted by molar-refractivity contribution is 7.84. The van der Waals surface area contributed by atoms with Crippen molar-refractivity contribution in [2.45, 2.75) is 12.6 Å². The van der Waals surface area contributed by atoms with E-state index < -0.39 is 5.67 Å². The lowest BCUT2D eigenvalue weighted by molar-refractivity contribution is 0.328. The fourth-order valence-corrected chi connectivity index (χ4v) is 0.855. The van der Waals surface area contributed by atoms with E-state index in [-0.39, 0.29) is 0 Å². The second kappa shape index (κ2) is 2.62. The van der Waals surface area contributed by atoms with E-state index in [1.54, 1.807) is 18.2 Å². The maximum absolute atomic E-state index is 13.1. The molecule has 0 aromatic rings. The molecule has 0 spiro atoms. The molecule has 10 heavy (non-hydrogen) atoms. The zero-order valence-corrected chi connectivity index (χ0v) is 6.61. The van der Waals surface area contributed by atoms with Crippen LogP contribution in [0.5, 0.6) is 0 Å². The highest BCUT2D eigenvalue weighted by Gasteiger charge is 2.14. The number of hydrogen-bond donors (Lipinski definition) is 1. The molecule has 0 radical (unpaired) electrons. The van der Waals surface area contributed by atoms with Crippen molar-refractivity contribution in [1.29, 1.82) is 0 Å². The summed E-state index contributed by atoms with van der Waals surface area (Å²) in [6.07, 6.45) is 8.05. The van der Waals surface area contributed by atoms with Crippen LogP contribution in [0.25, 0.3) is 0 Å². The molecule has 1 unspecified atom stereocenters. The van der Waals surface area contributed by atoms with Gasteiger partial charge >= 0.3 is 0 Å². The molecule has 1 aliphatic carbocycles. The zero-order chi connectivity index (χ0) is 7.61. The number of alkyl halides is 1. The Hall–Kier alpha value is -0.500. The van der Waals surface area contributed by atoms with E-state index in [0.717, 1.165) is 4.91 Å². The molecule has 1 aliphatic rings. The molecule has 0 fully saturated rings. The van der Waals surface area contributed by atoms with Crippen molar-refractivity contribution in [3.63, 3.8) is 0 Å². The SMILES string of the molecule is CC1(F)C=CC=C(S)C=C1. The average Bonchev–Trinajstić information content (AvgIpc) is 1.94. The third-order valence-corrected chi connectivity index (χ3v) is 1.57. The van der Waals surface area contributed by atoms with Crippen LogP contribution >= 0.6 is 12.6 Å². The summed E-state index contributed by atoms with van der Waals surface area (Å²) in [4.78, 5) is 0.776. The number of halogens is 1. The number of hydrogen-bond acceptors (Lipinski definition) is 1. The van der Waals surface area contributed by atoms with Gasteiger partial charge in [0.1, 0.15) is 5.67 Å². The molecule has 0 nitrogen and oxygen atoms in total. The van der Waals surface area contributed by atoms with Crippen LogP contribution in [-0.2, 0) is 0 Å². The molecule has 0 aromatic heterocycles. The highest BCUT2D eigenvalue weighted by Crippen LogP contribution is 2.19. The van der Waals surface area contributed by atoms with Gasteiger partial charge in [0, 0.05) is 4.91 Å². The molecular weight excluding hydrogens is 147 g/mol. The van der Waals surface area contributed by atoms with E-state index in [2.05, 4.69) is 12.6 Å². The second-order valence-electron chi connectivity index (χ2n) is 2.44. The Kier molecular flexibility index (Phi) is 2.00. The molecule has 0 amide bonds. The van der Waals surface area contributed by atoms with Gasteiger partial charge in [0.05, 0.1) is 0 Å². The summed E-state index contributed by atoms with van der Waals surface area (Å²) in [5.41, 5.74) is -1.32. The maximum Gasteiger partial charge on any atom is 0.145 e. The first kappa shape index (κ1) is 7.61. The van der Waals surface area contributed by atoms with Gasteiger partial charge in [-0.2, -0.15) is 0 Å². The molecule has 54 valence electrons. The maximum atomic E-state index is 13.1. The summed E-state index contributed by atoms with van der Waals surface area (Å²) in [7, 11) is 0. The summed E-state index contributed by atoms with van der Waals surface area (Å²) in [6.45, 7) is 1.50. The average molecular weight is 156 g/mol. The third-order valence-electron chi connectivity index (χ3n) is 1.27. The van der Waals surface area contributed by atoms with Crippen LogP contribution in [0.15, 0.2) is 35.3 Å². The lowest BCUT2D eigenvalue weighted by Crippen LogP contribution is -2.07. The molecule has 0 N–H and O–H groups in total. The van der Waals surface area contributed by atoms with Crippen molar-refractivity contribution < 1.29 is 4.39 Å². The number of allylic oxidation sites excluding steroid dienone is 5. The van der Waals surface area contributed by atoms with Crippen LogP contribution in [0, 0.1) is 0 Å². The normalized spacial score (nSPS) is 31.7. The Bertz CT molecular complexity index is 211. The van der Waals surface area contributed by atoms with Crippen molar-refractivity contribution in [1.82, 2.24) is 0 Å². The fraction of sp³-hybridized carbons (Fsp3) is 0.250. The van der Waals surface area contributed by atoms with Crippen LogP contribution in [0.3, 0.4) is 0 Å². The predicted octanol–water partition coefficient (Wildman–Crippen LogP) is 2.65. The van der Waals surface area contributed by atoms with Gasteiger partial charge in [-0.25, -0.2) is 4.39 Å². The predicted molar refractivity (Wildman–Crippen MR) is 44.9 cm³/mol.